The summed E-state index contributed by atoms with van der Waals surface area (Å²) in [6.07, 6.45) is 0. The smallest absolute Gasteiger partial charge is 0.0411 e. The fourth-order valence-electron chi connectivity index (χ4n) is 2.01. The molecule has 2 N–H and O–H groups in total. The molecule has 0 radical (unpaired) electrons. The highest BCUT2D eigenvalue weighted by Crippen LogP contribution is 2.29. The lowest BCUT2D eigenvalue weighted by atomic mass is 9.86. The molecule has 1 aromatic carbocycles. The average molecular weight is 234 g/mol. The Balaban J connectivity index is 3.08. The third kappa shape index (κ3) is 3.22. The van der Waals surface area contributed by atoms with Crippen molar-refractivity contribution in [2.24, 2.45) is 11.1 Å². The second-order valence-electron chi connectivity index (χ2n) is 5.99. The molecule has 0 fully saturated rings. The molecule has 1 atom stereocenters. The zero-order valence-electron chi connectivity index (χ0n) is 12.0. The summed E-state index contributed by atoms with van der Waals surface area (Å²) < 4.78 is 0. The first-order valence-electron chi connectivity index (χ1n) is 6.29. The minimum absolute atomic E-state index is 0.255. The quantitative estimate of drug-likeness (QED) is 0.869. The van der Waals surface area contributed by atoms with Gasteiger partial charge >= 0.3 is 0 Å². The van der Waals surface area contributed by atoms with E-state index in [2.05, 4.69) is 64.8 Å². The molecule has 1 aromatic rings. The molecule has 0 saturated heterocycles. The van der Waals surface area contributed by atoms with Gasteiger partial charge < -0.3 is 10.6 Å². The largest absolute Gasteiger partial charge is 0.371 e. The van der Waals surface area contributed by atoms with Crippen molar-refractivity contribution in [3.8, 4) is 0 Å². The number of aryl methyl sites for hydroxylation is 1. The molecular formula is C15H26N2. The molecule has 2 heteroatoms. The van der Waals surface area contributed by atoms with Crippen molar-refractivity contribution in [1.29, 1.82) is 0 Å². The van der Waals surface area contributed by atoms with Gasteiger partial charge in [0.2, 0.25) is 0 Å². The highest BCUT2D eigenvalue weighted by molar-refractivity contribution is 5.55. The summed E-state index contributed by atoms with van der Waals surface area (Å²) in [6, 6.07) is 6.98. The van der Waals surface area contributed by atoms with Crippen LogP contribution in [0.25, 0.3) is 0 Å². The summed E-state index contributed by atoms with van der Waals surface area (Å²) in [7, 11) is 2.15. The van der Waals surface area contributed by atoms with Gasteiger partial charge in [-0.3, -0.25) is 0 Å². The molecule has 0 saturated carbocycles. The van der Waals surface area contributed by atoms with E-state index in [9.17, 15) is 0 Å². The molecule has 0 aliphatic carbocycles. The topological polar surface area (TPSA) is 29.3 Å². The average Bonchev–Trinajstić information content (AvgIpc) is 2.25. The lowest BCUT2D eigenvalue weighted by molar-refractivity contribution is 0.329. The molecule has 2 nitrogen and oxygen atoms in total. The number of rotatable bonds is 3. The van der Waals surface area contributed by atoms with E-state index in [1.807, 2.05) is 0 Å². The Labute approximate surface area is 106 Å². The van der Waals surface area contributed by atoms with Crippen LogP contribution < -0.4 is 10.6 Å². The molecule has 1 unspecified atom stereocenters. The second kappa shape index (κ2) is 5.09. The monoisotopic (exact) mass is 234 g/mol. The molecule has 0 spiro atoms. The van der Waals surface area contributed by atoms with E-state index < -0.39 is 0 Å². The number of benzene rings is 1. The zero-order chi connectivity index (χ0) is 13.2. The van der Waals surface area contributed by atoms with Gasteiger partial charge in [-0.25, -0.2) is 0 Å². The molecule has 0 aromatic heterocycles. The van der Waals surface area contributed by atoms with Crippen molar-refractivity contribution in [2.75, 3.05) is 11.9 Å². The lowest BCUT2D eigenvalue weighted by Crippen LogP contribution is -2.40. The van der Waals surface area contributed by atoms with E-state index in [0.717, 1.165) is 0 Å². The van der Waals surface area contributed by atoms with Crippen molar-refractivity contribution < 1.29 is 0 Å². The van der Waals surface area contributed by atoms with Crippen LogP contribution in [0.15, 0.2) is 18.2 Å². The molecule has 0 heterocycles. The second-order valence-corrected chi connectivity index (χ2v) is 5.99. The minimum atomic E-state index is 0.255. The van der Waals surface area contributed by atoms with Gasteiger partial charge in [-0.05, 0) is 30.9 Å². The fraction of sp³-hybridized carbons (Fsp3) is 0.600. The SMILES string of the molecule is Cc1ccc(N(C)C(C)C(C)(C)C)c(CN)c1. The van der Waals surface area contributed by atoms with Crippen LogP contribution in [0.3, 0.4) is 0 Å². The first kappa shape index (κ1) is 14.0. The van der Waals surface area contributed by atoms with Gasteiger partial charge in [-0.1, -0.05) is 38.5 Å². The number of nitrogens with two attached hydrogens (primary N) is 1. The highest BCUT2D eigenvalue weighted by atomic mass is 15.1. The van der Waals surface area contributed by atoms with Gasteiger partial charge in [-0.15, -0.1) is 0 Å². The standard InChI is InChI=1S/C15H26N2/c1-11-7-8-14(13(9-11)10-16)17(6)12(2)15(3,4)5/h7-9,12H,10,16H2,1-6H3. The zero-order valence-corrected chi connectivity index (χ0v) is 12.0. The van der Waals surface area contributed by atoms with Crippen LogP contribution in [0, 0.1) is 12.3 Å². The molecular weight excluding hydrogens is 208 g/mol. The third-order valence-corrected chi connectivity index (χ3v) is 3.67. The molecule has 0 aliphatic rings. The van der Waals surface area contributed by atoms with Crippen LogP contribution >= 0.6 is 0 Å². The van der Waals surface area contributed by atoms with Gasteiger partial charge in [0.15, 0.2) is 0 Å². The summed E-state index contributed by atoms with van der Waals surface area (Å²) in [5.74, 6) is 0. The maximum Gasteiger partial charge on any atom is 0.0411 e. The van der Waals surface area contributed by atoms with Gasteiger partial charge in [0.1, 0.15) is 0 Å². The van der Waals surface area contributed by atoms with E-state index in [-0.39, 0.29) is 5.41 Å². The van der Waals surface area contributed by atoms with Crippen molar-refractivity contribution in [3.05, 3.63) is 29.3 Å². The van der Waals surface area contributed by atoms with Crippen molar-refractivity contribution in [1.82, 2.24) is 0 Å². The van der Waals surface area contributed by atoms with Gasteiger partial charge in [0, 0.05) is 25.3 Å². The van der Waals surface area contributed by atoms with Crippen LogP contribution in [0.1, 0.15) is 38.8 Å². The Hall–Kier alpha value is -1.02. The maximum atomic E-state index is 5.84. The van der Waals surface area contributed by atoms with Gasteiger partial charge in [-0.2, -0.15) is 0 Å². The van der Waals surface area contributed by atoms with Crippen LogP contribution in [0.5, 0.6) is 0 Å². The Kier molecular flexibility index (Phi) is 4.21. The highest BCUT2D eigenvalue weighted by Gasteiger charge is 2.25. The Morgan fingerprint density at radius 3 is 2.35 bits per heavy atom. The summed E-state index contributed by atoms with van der Waals surface area (Å²) >= 11 is 0. The van der Waals surface area contributed by atoms with Crippen molar-refractivity contribution in [3.63, 3.8) is 0 Å². The first-order valence-corrected chi connectivity index (χ1v) is 6.29. The van der Waals surface area contributed by atoms with Gasteiger partial charge in [0.05, 0.1) is 0 Å². The lowest BCUT2D eigenvalue weighted by Gasteiger charge is -2.37. The molecule has 17 heavy (non-hydrogen) atoms. The summed E-state index contributed by atoms with van der Waals surface area (Å²) in [4.78, 5) is 2.33. The summed E-state index contributed by atoms with van der Waals surface area (Å²) in [6.45, 7) is 11.8. The van der Waals surface area contributed by atoms with Crippen LogP contribution in [0.2, 0.25) is 0 Å². The molecule has 0 aliphatic heterocycles. The Morgan fingerprint density at radius 2 is 1.88 bits per heavy atom. The molecule has 0 bridgehead atoms. The number of hydrogen-bond acceptors (Lipinski definition) is 2. The van der Waals surface area contributed by atoms with E-state index in [4.69, 9.17) is 5.73 Å². The van der Waals surface area contributed by atoms with Crippen molar-refractivity contribution in [2.45, 2.75) is 47.2 Å². The predicted molar refractivity (Wildman–Crippen MR) is 76.4 cm³/mol. The molecule has 96 valence electrons. The normalized spacial score (nSPS) is 13.6. The number of anilines is 1. The first-order chi connectivity index (χ1) is 7.77. The Bertz CT molecular complexity index is 377. The fourth-order valence-corrected chi connectivity index (χ4v) is 2.01. The van der Waals surface area contributed by atoms with E-state index in [1.54, 1.807) is 0 Å². The van der Waals surface area contributed by atoms with Crippen LogP contribution in [-0.2, 0) is 6.54 Å². The van der Waals surface area contributed by atoms with Crippen LogP contribution in [0.4, 0.5) is 5.69 Å². The van der Waals surface area contributed by atoms with Crippen molar-refractivity contribution >= 4 is 5.69 Å². The number of hydrogen-bond donors (Lipinski definition) is 1. The van der Waals surface area contributed by atoms with Crippen LogP contribution in [-0.4, -0.2) is 13.1 Å². The maximum absolute atomic E-state index is 5.84. The van der Waals surface area contributed by atoms with E-state index in [0.29, 0.717) is 12.6 Å². The third-order valence-electron chi connectivity index (χ3n) is 3.67. The summed E-state index contributed by atoms with van der Waals surface area (Å²) in [5, 5.41) is 0. The molecule has 0 amide bonds. The molecule has 1 rings (SSSR count). The van der Waals surface area contributed by atoms with E-state index >= 15 is 0 Å². The van der Waals surface area contributed by atoms with E-state index in [1.165, 1.54) is 16.8 Å². The number of nitrogens with zero attached hydrogens (tertiary/aromatic N) is 1. The Morgan fingerprint density at radius 1 is 1.29 bits per heavy atom. The minimum Gasteiger partial charge on any atom is -0.371 e. The van der Waals surface area contributed by atoms with Gasteiger partial charge in [0.25, 0.3) is 0 Å². The predicted octanol–water partition coefficient (Wildman–Crippen LogP) is 3.32. The summed E-state index contributed by atoms with van der Waals surface area (Å²) in [5.41, 5.74) is 9.84.